The molecule has 0 N–H and O–H groups in total. The van der Waals surface area contributed by atoms with E-state index in [0.717, 1.165) is 22.2 Å². The number of methoxy groups -OCH3 is 1. The van der Waals surface area contributed by atoms with E-state index < -0.39 is 0 Å². The van der Waals surface area contributed by atoms with Crippen LogP contribution in [-0.2, 0) is 16.6 Å². The normalized spacial score (nSPS) is 11.7. The average molecular weight is 261 g/mol. The number of benzene rings is 1. The lowest BCUT2D eigenvalue weighted by Gasteiger charge is -2.10. The number of ether oxygens (including phenoxy) is 1. The van der Waals surface area contributed by atoms with Crippen LogP contribution in [-0.4, -0.2) is 17.6 Å². The van der Waals surface area contributed by atoms with Gasteiger partial charge in [0.05, 0.1) is 13.0 Å². The fourth-order valence-electron chi connectivity index (χ4n) is 2.39. The molecule has 3 heteroatoms. The summed E-state index contributed by atoms with van der Waals surface area (Å²) in [6, 6.07) is 8.12. The van der Waals surface area contributed by atoms with Crippen LogP contribution in [0.15, 0.2) is 24.3 Å². The number of carbonyl (C=O) groups is 1. The van der Waals surface area contributed by atoms with Crippen molar-refractivity contribution in [3.63, 3.8) is 0 Å². The Morgan fingerprint density at radius 2 is 1.84 bits per heavy atom. The van der Waals surface area contributed by atoms with Gasteiger partial charge in [0.25, 0.3) is 0 Å². The van der Waals surface area contributed by atoms with Crippen molar-refractivity contribution in [2.45, 2.75) is 33.6 Å². The van der Waals surface area contributed by atoms with E-state index in [1.807, 2.05) is 46.9 Å². The van der Waals surface area contributed by atoms with E-state index in [-0.39, 0.29) is 11.9 Å². The van der Waals surface area contributed by atoms with Crippen LogP contribution in [0.2, 0.25) is 0 Å². The van der Waals surface area contributed by atoms with E-state index in [9.17, 15) is 4.79 Å². The maximum atomic E-state index is 11.7. The minimum atomic E-state index is -0.230. The van der Waals surface area contributed by atoms with Gasteiger partial charge < -0.3 is 9.30 Å². The highest BCUT2D eigenvalue weighted by molar-refractivity contribution is 5.91. The predicted molar refractivity (Wildman–Crippen MR) is 79.4 cm³/mol. The number of carbonyl (C=O) groups excluding carboxylic acids is 1. The zero-order valence-electron chi connectivity index (χ0n) is 12.7. The third-order valence-electron chi connectivity index (χ3n) is 3.44. The molecule has 0 aliphatic carbocycles. The van der Waals surface area contributed by atoms with Gasteiger partial charge in [-0.25, -0.2) is 0 Å². The van der Waals surface area contributed by atoms with Gasteiger partial charge in [-0.1, -0.05) is 32.0 Å². The molecule has 1 aromatic carbocycles. The van der Waals surface area contributed by atoms with Crippen LogP contribution in [0, 0.1) is 6.92 Å². The third kappa shape index (κ3) is 2.65. The molecule has 0 amide bonds. The molecule has 1 unspecified atom stereocenters. The Labute approximate surface area is 115 Å². The smallest absolute Gasteiger partial charge is 0.312 e. The zero-order chi connectivity index (χ0) is 14.6. The molecule has 1 aromatic heterocycles. The Balaban J connectivity index is 0.000000861. The average Bonchev–Trinajstić information content (AvgIpc) is 2.72. The van der Waals surface area contributed by atoms with Gasteiger partial charge in [-0.15, -0.1) is 0 Å². The van der Waals surface area contributed by atoms with Crippen molar-refractivity contribution in [2.75, 3.05) is 7.11 Å². The van der Waals surface area contributed by atoms with Gasteiger partial charge in [0.1, 0.15) is 0 Å². The van der Waals surface area contributed by atoms with E-state index in [0.29, 0.717) is 0 Å². The van der Waals surface area contributed by atoms with Crippen molar-refractivity contribution in [2.24, 2.45) is 7.05 Å². The quantitative estimate of drug-likeness (QED) is 0.770. The van der Waals surface area contributed by atoms with E-state index in [1.54, 1.807) is 0 Å². The summed E-state index contributed by atoms with van der Waals surface area (Å²) in [6.07, 6.45) is 0. The summed E-state index contributed by atoms with van der Waals surface area (Å²) in [5, 5.41) is 1.13. The fraction of sp³-hybridized carbons (Fsp3) is 0.438. The molecule has 0 saturated carbocycles. The molecule has 0 spiro atoms. The molecule has 0 fully saturated rings. The van der Waals surface area contributed by atoms with Crippen molar-refractivity contribution in [1.29, 1.82) is 0 Å². The van der Waals surface area contributed by atoms with Gasteiger partial charge in [-0.3, -0.25) is 4.79 Å². The molecule has 1 atom stereocenters. The van der Waals surface area contributed by atoms with Gasteiger partial charge in [-0.2, -0.15) is 0 Å². The first-order valence-electron chi connectivity index (χ1n) is 6.69. The van der Waals surface area contributed by atoms with Gasteiger partial charge >= 0.3 is 5.97 Å². The molecule has 3 nitrogen and oxygen atoms in total. The number of esters is 1. The van der Waals surface area contributed by atoms with Crippen LogP contribution >= 0.6 is 0 Å². The molecule has 0 saturated heterocycles. The molecular weight excluding hydrogens is 238 g/mol. The van der Waals surface area contributed by atoms with E-state index in [2.05, 4.69) is 16.7 Å². The van der Waals surface area contributed by atoms with E-state index in [4.69, 9.17) is 4.74 Å². The van der Waals surface area contributed by atoms with Gasteiger partial charge in [0.15, 0.2) is 0 Å². The van der Waals surface area contributed by atoms with E-state index in [1.165, 1.54) is 7.11 Å². The maximum absolute atomic E-state index is 11.7. The number of fused-ring (bicyclic) bond motifs is 1. The van der Waals surface area contributed by atoms with Crippen molar-refractivity contribution in [1.82, 2.24) is 4.57 Å². The molecule has 0 aliphatic heterocycles. The Kier molecular flexibility index (Phi) is 5.16. The van der Waals surface area contributed by atoms with E-state index >= 15 is 0 Å². The summed E-state index contributed by atoms with van der Waals surface area (Å²) in [4.78, 5) is 11.7. The molecule has 2 rings (SSSR count). The Bertz CT molecular complexity index is 569. The maximum Gasteiger partial charge on any atom is 0.312 e. The first-order chi connectivity index (χ1) is 9.07. The first kappa shape index (κ1) is 15.3. The molecule has 1 heterocycles. The third-order valence-corrected chi connectivity index (χ3v) is 3.44. The highest BCUT2D eigenvalue weighted by Gasteiger charge is 2.23. The highest BCUT2D eigenvalue weighted by Crippen LogP contribution is 2.31. The predicted octanol–water partition coefficient (Wildman–Crippen LogP) is 3.79. The SMILES string of the molecule is CC.COC(=O)C(C)c1c(C)n(C)c2ccccc12. The molecule has 0 bridgehead atoms. The lowest BCUT2D eigenvalue weighted by Crippen LogP contribution is -2.11. The number of hydrogen-bond donors (Lipinski definition) is 0. The standard InChI is InChI=1S/C14H17NO2.C2H6/c1-9(14(16)17-4)13-10(2)15(3)12-8-6-5-7-11(12)13;1-2/h5-9H,1-4H3;1-2H3. The summed E-state index contributed by atoms with van der Waals surface area (Å²) in [5.41, 5.74) is 3.33. The molecule has 2 aromatic rings. The Morgan fingerprint density at radius 3 is 2.42 bits per heavy atom. The number of aryl methyl sites for hydroxylation is 1. The van der Waals surface area contributed by atoms with Crippen LogP contribution in [0.25, 0.3) is 10.9 Å². The summed E-state index contributed by atoms with van der Waals surface area (Å²) >= 11 is 0. The van der Waals surface area contributed by atoms with Gasteiger partial charge in [-0.05, 0) is 25.5 Å². The topological polar surface area (TPSA) is 31.2 Å². The summed E-state index contributed by atoms with van der Waals surface area (Å²) in [5.74, 6) is -0.421. The summed E-state index contributed by atoms with van der Waals surface area (Å²) in [7, 11) is 3.45. The fourth-order valence-corrected chi connectivity index (χ4v) is 2.39. The van der Waals surface area contributed by atoms with Crippen LogP contribution in [0.1, 0.15) is 37.9 Å². The van der Waals surface area contributed by atoms with Crippen molar-refractivity contribution < 1.29 is 9.53 Å². The number of rotatable bonds is 2. The second kappa shape index (κ2) is 6.41. The van der Waals surface area contributed by atoms with Crippen LogP contribution < -0.4 is 0 Å². The monoisotopic (exact) mass is 261 g/mol. The Hall–Kier alpha value is -1.77. The van der Waals surface area contributed by atoms with Gasteiger partial charge in [0.2, 0.25) is 0 Å². The molecule has 104 valence electrons. The number of nitrogens with zero attached hydrogens (tertiary/aromatic N) is 1. The second-order valence-electron chi connectivity index (χ2n) is 4.32. The Morgan fingerprint density at radius 1 is 1.26 bits per heavy atom. The lowest BCUT2D eigenvalue weighted by atomic mass is 9.98. The minimum Gasteiger partial charge on any atom is -0.469 e. The largest absolute Gasteiger partial charge is 0.469 e. The zero-order valence-corrected chi connectivity index (χ0v) is 12.7. The molecule has 19 heavy (non-hydrogen) atoms. The minimum absolute atomic E-state index is 0.190. The van der Waals surface area contributed by atoms with Crippen molar-refractivity contribution in [3.8, 4) is 0 Å². The van der Waals surface area contributed by atoms with Crippen molar-refractivity contribution in [3.05, 3.63) is 35.5 Å². The van der Waals surface area contributed by atoms with Crippen molar-refractivity contribution >= 4 is 16.9 Å². The summed E-state index contributed by atoms with van der Waals surface area (Å²) in [6.45, 7) is 7.93. The van der Waals surface area contributed by atoms with Gasteiger partial charge in [0, 0.05) is 23.6 Å². The van der Waals surface area contributed by atoms with Crippen LogP contribution in [0.4, 0.5) is 0 Å². The van der Waals surface area contributed by atoms with Crippen LogP contribution in [0.5, 0.6) is 0 Å². The number of para-hydroxylation sites is 1. The molecular formula is C16H23NO2. The van der Waals surface area contributed by atoms with Crippen LogP contribution in [0.3, 0.4) is 0 Å². The number of aromatic nitrogens is 1. The summed E-state index contributed by atoms with van der Waals surface area (Å²) < 4.78 is 6.95. The first-order valence-corrected chi connectivity index (χ1v) is 6.69. The lowest BCUT2D eigenvalue weighted by molar-refractivity contribution is -0.141. The number of hydrogen-bond acceptors (Lipinski definition) is 2. The highest BCUT2D eigenvalue weighted by atomic mass is 16.5. The second-order valence-corrected chi connectivity index (χ2v) is 4.32. The molecule has 0 radical (unpaired) electrons. The molecule has 0 aliphatic rings.